The minimum atomic E-state index is -3.90. The van der Waals surface area contributed by atoms with Crippen LogP contribution >= 0.6 is 12.4 Å². The number of rotatable bonds is 7. The molecule has 1 aromatic carbocycles. The van der Waals surface area contributed by atoms with Crippen molar-refractivity contribution in [3.05, 3.63) is 28.3 Å². The number of halogens is 1. The van der Waals surface area contributed by atoms with Crippen molar-refractivity contribution >= 4 is 28.1 Å². The molecule has 0 radical (unpaired) electrons. The Morgan fingerprint density at radius 2 is 2.09 bits per heavy atom. The van der Waals surface area contributed by atoms with Crippen LogP contribution < -0.4 is 15.2 Å². The Morgan fingerprint density at radius 3 is 2.52 bits per heavy atom. The summed E-state index contributed by atoms with van der Waals surface area (Å²) >= 11 is 0. The number of benzene rings is 1. The number of hydrogen-bond donors (Lipinski definition) is 2. The van der Waals surface area contributed by atoms with Gasteiger partial charge in [0.25, 0.3) is 5.69 Å². The maximum absolute atomic E-state index is 12.6. The highest BCUT2D eigenvalue weighted by Crippen LogP contribution is 2.40. The largest absolute Gasteiger partial charge is 0.495 e. The zero-order chi connectivity index (χ0) is 16.5. The van der Waals surface area contributed by atoms with Crippen molar-refractivity contribution in [1.29, 1.82) is 0 Å². The maximum atomic E-state index is 12.6. The number of nitro groups is 1. The molecule has 8 nitrogen and oxygen atoms in total. The number of non-ortho nitro benzene ring substituents is 1. The monoisotopic (exact) mass is 365 g/mol. The molecular weight excluding hydrogens is 346 g/mol. The van der Waals surface area contributed by atoms with E-state index in [4.69, 9.17) is 10.5 Å². The minimum Gasteiger partial charge on any atom is -0.495 e. The van der Waals surface area contributed by atoms with Crippen LogP contribution in [0, 0.1) is 16.0 Å². The van der Waals surface area contributed by atoms with Gasteiger partial charge in [0.15, 0.2) is 0 Å². The molecule has 0 amide bonds. The topological polar surface area (TPSA) is 125 Å². The zero-order valence-corrected chi connectivity index (χ0v) is 14.4. The van der Waals surface area contributed by atoms with Gasteiger partial charge in [0.05, 0.1) is 18.1 Å². The van der Waals surface area contributed by atoms with Gasteiger partial charge in [-0.25, -0.2) is 13.1 Å². The van der Waals surface area contributed by atoms with E-state index in [0.29, 0.717) is 0 Å². The van der Waals surface area contributed by atoms with Crippen molar-refractivity contribution in [1.82, 2.24) is 4.72 Å². The van der Waals surface area contributed by atoms with Crippen LogP contribution in [0.1, 0.15) is 19.8 Å². The third-order valence-corrected chi connectivity index (χ3v) is 5.57. The van der Waals surface area contributed by atoms with E-state index in [1.807, 2.05) is 0 Å². The van der Waals surface area contributed by atoms with Crippen LogP contribution in [-0.2, 0) is 10.0 Å². The van der Waals surface area contributed by atoms with Crippen LogP contribution in [0.25, 0.3) is 0 Å². The summed E-state index contributed by atoms with van der Waals surface area (Å²) in [5, 5.41) is 10.8. The molecule has 3 N–H and O–H groups in total. The number of methoxy groups -OCH3 is 1. The second-order valence-electron chi connectivity index (χ2n) is 5.59. The van der Waals surface area contributed by atoms with E-state index in [2.05, 4.69) is 4.72 Å². The molecular formula is C13H20ClN3O5S. The second-order valence-corrected chi connectivity index (χ2v) is 7.24. The lowest BCUT2D eigenvalue weighted by Crippen LogP contribution is -2.53. The Hall–Kier alpha value is -1.42. The van der Waals surface area contributed by atoms with Crippen molar-refractivity contribution < 1.29 is 18.1 Å². The molecule has 130 valence electrons. The third kappa shape index (κ3) is 4.11. The van der Waals surface area contributed by atoms with Gasteiger partial charge < -0.3 is 10.5 Å². The molecule has 0 aliphatic heterocycles. The molecule has 0 bridgehead atoms. The first-order chi connectivity index (χ1) is 10.2. The van der Waals surface area contributed by atoms with E-state index in [1.165, 1.54) is 13.2 Å². The fourth-order valence-corrected chi connectivity index (χ4v) is 3.99. The Balaban J connectivity index is 0.00000264. The average Bonchev–Trinajstić information content (AvgIpc) is 3.30. The number of nitro benzene ring substituents is 1. The molecule has 1 saturated carbocycles. The normalized spacial score (nSPS) is 17.0. The van der Waals surface area contributed by atoms with Crippen LogP contribution in [0.5, 0.6) is 5.75 Å². The maximum Gasteiger partial charge on any atom is 0.273 e. The predicted molar refractivity (Wildman–Crippen MR) is 87.4 cm³/mol. The first-order valence-electron chi connectivity index (χ1n) is 6.80. The first kappa shape index (κ1) is 19.6. The lowest BCUT2D eigenvalue weighted by Gasteiger charge is -2.29. The van der Waals surface area contributed by atoms with Crippen LogP contribution in [0.2, 0.25) is 0 Å². The fourth-order valence-electron chi connectivity index (χ4n) is 2.37. The van der Waals surface area contributed by atoms with Gasteiger partial charge in [0.2, 0.25) is 10.0 Å². The van der Waals surface area contributed by atoms with Crippen molar-refractivity contribution in [2.75, 3.05) is 13.7 Å². The van der Waals surface area contributed by atoms with Crippen LogP contribution in [-0.4, -0.2) is 32.5 Å². The molecule has 1 aliphatic rings. The average molecular weight is 366 g/mol. The van der Waals surface area contributed by atoms with E-state index in [-0.39, 0.29) is 41.2 Å². The predicted octanol–water partition coefficient (Wildman–Crippen LogP) is 1.43. The van der Waals surface area contributed by atoms with Crippen LogP contribution in [0.15, 0.2) is 23.1 Å². The van der Waals surface area contributed by atoms with E-state index in [9.17, 15) is 18.5 Å². The molecule has 1 atom stereocenters. The molecule has 1 fully saturated rings. The summed E-state index contributed by atoms with van der Waals surface area (Å²) in [6, 6.07) is 3.39. The van der Waals surface area contributed by atoms with Crippen molar-refractivity contribution in [2.24, 2.45) is 11.7 Å². The number of sulfonamides is 1. The second kappa shape index (κ2) is 7.00. The molecule has 10 heteroatoms. The molecule has 0 saturated heterocycles. The van der Waals surface area contributed by atoms with Gasteiger partial charge in [-0.05, 0) is 31.7 Å². The summed E-state index contributed by atoms with van der Waals surface area (Å²) in [6.07, 6.45) is 1.85. The molecule has 0 spiro atoms. The molecule has 0 aromatic heterocycles. The molecule has 23 heavy (non-hydrogen) atoms. The Labute approximate surface area is 141 Å². The quantitative estimate of drug-likeness (QED) is 0.556. The standard InChI is InChI=1S/C13H19N3O5S.ClH/c1-13(8-14,9-3-4-9)15-22(19,20)12-6-5-10(16(17)18)7-11(12)21-2;/h5-7,9,15H,3-4,8,14H2,1-2H3;1H. The van der Waals surface area contributed by atoms with Gasteiger partial charge in [-0.15, -0.1) is 12.4 Å². The summed E-state index contributed by atoms with van der Waals surface area (Å²) in [5.41, 5.74) is 4.75. The molecule has 1 unspecified atom stereocenters. The van der Waals surface area contributed by atoms with Crippen LogP contribution in [0.3, 0.4) is 0 Å². The van der Waals surface area contributed by atoms with E-state index in [0.717, 1.165) is 25.0 Å². The minimum absolute atomic E-state index is 0. The molecule has 2 rings (SSSR count). The summed E-state index contributed by atoms with van der Waals surface area (Å²) < 4.78 is 32.8. The lowest BCUT2D eigenvalue weighted by atomic mass is 9.98. The zero-order valence-electron chi connectivity index (χ0n) is 12.8. The van der Waals surface area contributed by atoms with Gasteiger partial charge in [0, 0.05) is 18.2 Å². The highest BCUT2D eigenvalue weighted by atomic mass is 35.5. The Kier molecular flexibility index (Phi) is 5.97. The van der Waals surface area contributed by atoms with Crippen LogP contribution in [0.4, 0.5) is 5.69 Å². The van der Waals surface area contributed by atoms with Gasteiger partial charge in [-0.3, -0.25) is 10.1 Å². The Morgan fingerprint density at radius 1 is 1.48 bits per heavy atom. The highest BCUT2D eigenvalue weighted by Gasteiger charge is 2.43. The van der Waals surface area contributed by atoms with Gasteiger partial charge in [0.1, 0.15) is 10.6 Å². The summed E-state index contributed by atoms with van der Waals surface area (Å²) in [7, 11) is -2.63. The first-order valence-corrected chi connectivity index (χ1v) is 8.28. The highest BCUT2D eigenvalue weighted by molar-refractivity contribution is 7.89. The van der Waals surface area contributed by atoms with Crippen molar-refractivity contribution in [3.63, 3.8) is 0 Å². The number of ether oxygens (including phenoxy) is 1. The molecule has 0 heterocycles. The van der Waals surface area contributed by atoms with Gasteiger partial charge >= 0.3 is 0 Å². The number of nitrogens with one attached hydrogen (secondary N) is 1. The Bertz CT molecular complexity index is 693. The van der Waals surface area contributed by atoms with Crippen molar-refractivity contribution in [2.45, 2.75) is 30.2 Å². The molecule has 1 aliphatic carbocycles. The smallest absolute Gasteiger partial charge is 0.273 e. The van der Waals surface area contributed by atoms with Gasteiger partial charge in [-0.2, -0.15) is 0 Å². The number of nitrogens with two attached hydrogens (primary N) is 1. The summed E-state index contributed by atoms with van der Waals surface area (Å²) in [4.78, 5) is 10.0. The van der Waals surface area contributed by atoms with E-state index >= 15 is 0 Å². The number of hydrogen-bond acceptors (Lipinski definition) is 6. The SMILES string of the molecule is COc1cc([N+](=O)[O-])ccc1S(=O)(=O)NC(C)(CN)C1CC1.Cl. The molecule has 1 aromatic rings. The summed E-state index contributed by atoms with van der Waals surface area (Å²) in [5.74, 6) is 0.133. The number of nitrogens with zero attached hydrogens (tertiary/aromatic N) is 1. The fraction of sp³-hybridized carbons (Fsp3) is 0.538. The lowest BCUT2D eigenvalue weighted by molar-refractivity contribution is -0.385. The summed E-state index contributed by atoms with van der Waals surface area (Å²) in [6.45, 7) is 1.94. The van der Waals surface area contributed by atoms with E-state index < -0.39 is 20.5 Å². The van der Waals surface area contributed by atoms with Crippen molar-refractivity contribution in [3.8, 4) is 5.75 Å². The third-order valence-electron chi connectivity index (χ3n) is 3.92. The van der Waals surface area contributed by atoms with E-state index in [1.54, 1.807) is 6.92 Å². The van der Waals surface area contributed by atoms with Gasteiger partial charge in [-0.1, -0.05) is 0 Å².